The molecule has 0 unspecified atom stereocenters. The lowest BCUT2D eigenvalue weighted by Gasteiger charge is -2.36. The van der Waals surface area contributed by atoms with E-state index < -0.39 is 0 Å². The molecule has 5 rings (SSSR count). The van der Waals surface area contributed by atoms with Crippen LogP contribution in [0, 0.1) is 0 Å². The van der Waals surface area contributed by atoms with Crippen molar-refractivity contribution >= 4 is 33.7 Å². The number of azo groups is 1. The van der Waals surface area contributed by atoms with Gasteiger partial charge in [-0.1, -0.05) is 0 Å². The Morgan fingerprint density at radius 1 is 1.04 bits per heavy atom. The van der Waals surface area contributed by atoms with Crippen molar-refractivity contribution in [3.8, 4) is 0 Å². The summed E-state index contributed by atoms with van der Waals surface area (Å²) in [5.74, 6) is -0.292. The molecule has 1 aromatic carbocycles. The number of carbonyl (C=O) groups excluding carboxylic acids is 1. The van der Waals surface area contributed by atoms with Crippen LogP contribution in [0.1, 0.15) is 51.2 Å². The van der Waals surface area contributed by atoms with Gasteiger partial charge in [0.2, 0.25) is 0 Å². The van der Waals surface area contributed by atoms with Crippen molar-refractivity contribution in [3.05, 3.63) is 39.3 Å². The van der Waals surface area contributed by atoms with E-state index in [0.717, 1.165) is 43.4 Å². The minimum absolute atomic E-state index is 0.292. The second kappa shape index (κ2) is 6.75. The number of anilines is 1. The van der Waals surface area contributed by atoms with Crippen molar-refractivity contribution in [3.63, 3.8) is 0 Å². The Balaban J connectivity index is 1.51. The third kappa shape index (κ3) is 2.87. The maximum absolute atomic E-state index is 12.3. The summed E-state index contributed by atoms with van der Waals surface area (Å²) in [6.45, 7) is 2.34. The van der Waals surface area contributed by atoms with Gasteiger partial charge in [0.25, 0.3) is 0 Å². The third-order valence-corrected chi connectivity index (χ3v) is 7.04. The summed E-state index contributed by atoms with van der Waals surface area (Å²) in [5, 5.41) is 9.73. The summed E-state index contributed by atoms with van der Waals surface area (Å²) >= 11 is 1.59. The van der Waals surface area contributed by atoms with Crippen LogP contribution in [-0.4, -0.2) is 26.2 Å². The molecule has 5 nitrogen and oxygen atoms in total. The van der Waals surface area contributed by atoms with Gasteiger partial charge in [0.05, 0.1) is 12.8 Å². The van der Waals surface area contributed by atoms with E-state index in [9.17, 15) is 4.79 Å². The first-order valence-corrected chi connectivity index (χ1v) is 10.6. The highest BCUT2D eigenvalue weighted by molar-refractivity contribution is 7.16. The molecule has 0 N–H and O–H groups in total. The Kier molecular flexibility index (Phi) is 4.23. The molecule has 0 radical (unpaired) electrons. The van der Waals surface area contributed by atoms with E-state index >= 15 is 0 Å². The molecule has 0 saturated heterocycles. The summed E-state index contributed by atoms with van der Waals surface area (Å²) in [4.78, 5) is 16.1. The van der Waals surface area contributed by atoms with Crippen LogP contribution in [0.15, 0.2) is 22.4 Å². The Bertz CT molecular complexity index is 916. The number of hydrogen-bond acceptors (Lipinski definition) is 6. The lowest BCUT2D eigenvalue weighted by atomic mass is 9.91. The van der Waals surface area contributed by atoms with E-state index in [1.54, 1.807) is 11.3 Å². The fourth-order valence-electron chi connectivity index (χ4n) is 4.72. The summed E-state index contributed by atoms with van der Waals surface area (Å²) in [7, 11) is 1.43. The SMILES string of the molecule is COC(=O)c1c(N=Nc2cc3c4c(c2)CCCN4CCC3)sc2c1CCC2. The number of rotatable bonds is 3. The van der Waals surface area contributed by atoms with E-state index in [0.29, 0.717) is 10.6 Å². The van der Waals surface area contributed by atoms with Crippen molar-refractivity contribution in [2.75, 3.05) is 25.1 Å². The van der Waals surface area contributed by atoms with Gasteiger partial charge in [-0.3, -0.25) is 0 Å². The van der Waals surface area contributed by atoms with Crippen molar-refractivity contribution < 1.29 is 9.53 Å². The van der Waals surface area contributed by atoms with Gasteiger partial charge in [-0.2, -0.15) is 0 Å². The zero-order chi connectivity index (χ0) is 18.4. The summed E-state index contributed by atoms with van der Waals surface area (Å²) in [6, 6.07) is 4.36. The van der Waals surface area contributed by atoms with E-state index in [1.807, 2.05) is 0 Å². The molecule has 27 heavy (non-hydrogen) atoms. The number of thiophene rings is 1. The van der Waals surface area contributed by atoms with E-state index in [2.05, 4.69) is 27.3 Å². The molecule has 0 saturated carbocycles. The Hall–Kier alpha value is -2.21. The predicted octanol–water partition coefficient (Wildman–Crippen LogP) is 5.14. The fourth-order valence-corrected chi connectivity index (χ4v) is 5.92. The molecule has 0 amide bonds. The first-order valence-electron chi connectivity index (χ1n) is 9.80. The van der Waals surface area contributed by atoms with Crippen LogP contribution in [0.4, 0.5) is 16.4 Å². The summed E-state index contributed by atoms with van der Waals surface area (Å²) in [6.07, 6.45) is 7.70. The monoisotopic (exact) mass is 381 g/mol. The van der Waals surface area contributed by atoms with Crippen LogP contribution in [0.5, 0.6) is 0 Å². The molecule has 3 heterocycles. The molecule has 2 aromatic rings. The molecule has 6 heteroatoms. The van der Waals surface area contributed by atoms with Crippen LogP contribution >= 0.6 is 11.3 Å². The number of benzene rings is 1. The molecule has 0 spiro atoms. The average Bonchev–Trinajstić information content (AvgIpc) is 3.27. The number of esters is 1. The normalized spacial score (nSPS) is 17.9. The summed E-state index contributed by atoms with van der Waals surface area (Å²) in [5.41, 5.74) is 6.89. The maximum Gasteiger partial charge on any atom is 0.341 e. The van der Waals surface area contributed by atoms with Crippen molar-refractivity contribution in [1.82, 2.24) is 0 Å². The number of carbonyl (C=O) groups is 1. The molecule has 1 aromatic heterocycles. The molecular formula is C21H23N3O2S. The first kappa shape index (κ1) is 16.9. The number of hydrogen-bond donors (Lipinski definition) is 0. The number of aryl methyl sites for hydroxylation is 3. The maximum atomic E-state index is 12.3. The van der Waals surface area contributed by atoms with Gasteiger partial charge in [-0.05, 0) is 73.8 Å². The fraction of sp³-hybridized carbons (Fsp3) is 0.476. The molecule has 0 fully saturated rings. The summed E-state index contributed by atoms with van der Waals surface area (Å²) < 4.78 is 5.00. The van der Waals surface area contributed by atoms with Gasteiger partial charge in [0.1, 0.15) is 5.56 Å². The number of fused-ring (bicyclic) bond motifs is 1. The van der Waals surface area contributed by atoms with Crippen molar-refractivity contribution in [2.24, 2.45) is 10.2 Å². The van der Waals surface area contributed by atoms with Crippen LogP contribution in [0.2, 0.25) is 0 Å². The zero-order valence-electron chi connectivity index (χ0n) is 15.6. The lowest BCUT2D eigenvalue weighted by molar-refractivity contribution is 0.0601. The van der Waals surface area contributed by atoms with Gasteiger partial charge in [0, 0.05) is 23.7 Å². The first-order chi connectivity index (χ1) is 13.2. The van der Waals surface area contributed by atoms with Crippen LogP contribution in [-0.2, 0) is 30.4 Å². The second-order valence-electron chi connectivity index (χ2n) is 7.54. The highest BCUT2D eigenvalue weighted by atomic mass is 32.1. The van der Waals surface area contributed by atoms with Gasteiger partial charge in [0.15, 0.2) is 5.00 Å². The molecule has 3 aliphatic rings. The highest BCUT2D eigenvalue weighted by Crippen LogP contribution is 2.43. The molecular weight excluding hydrogens is 358 g/mol. The quantitative estimate of drug-likeness (QED) is 0.546. The number of nitrogens with zero attached hydrogens (tertiary/aromatic N) is 3. The highest BCUT2D eigenvalue weighted by Gasteiger charge is 2.28. The molecule has 140 valence electrons. The van der Waals surface area contributed by atoms with Gasteiger partial charge in [-0.15, -0.1) is 21.6 Å². The molecule has 2 aliphatic heterocycles. The van der Waals surface area contributed by atoms with E-state index in [1.165, 1.54) is 54.7 Å². The van der Waals surface area contributed by atoms with Gasteiger partial charge < -0.3 is 9.64 Å². The van der Waals surface area contributed by atoms with Crippen LogP contribution < -0.4 is 4.90 Å². The smallest absolute Gasteiger partial charge is 0.341 e. The Morgan fingerprint density at radius 3 is 2.48 bits per heavy atom. The number of methoxy groups -OCH3 is 1. The third-order valence-electron chi connectivity index (χ3n) is 5.87. The van der Waals surface area contributed by atoms with Crippen LogP contribution in [0.25, 0.3) is 0 Å². The standard InChI is InChI=1S/C21H23N3O2S/c1-26-21(25)18-16-7-2-8-17(16)27-20(18)23-22-15-11-13-5-3-9-24-10-4-6-14(12-15)19(13)24/h11-12H,2-10H2,1H3. The number of ether oxygens (including phenoxy) is 1. The Labute approximate surface area is 163 Å². The van der Waals surface area contributed by atoms with E-state index in [-0.39, 0.29) is 5.97 Å². The zero-order valence-corrected chi connectivity index (χ0v) is 16.4. The predicted molar refractivity (Wildman–Crippen MR) is 107 cm³/mol. The average molecular weight is 382 g/mol. The minimum atomic E-state index is -0.292. The largest absolute Gasteiger partial charge is 0.465 e. The lowest BCUT2D eigenvalue weighted by Crippen LogP contribution is -2.34. The molecule has 0 atom stereocenters. The molecule has 0 bridgehead atoms. The van der Waals surface area contributed by atoms with Gasteiger partial charge in [-0.25, -0.2) is 4.79 Å². The van der Waals surface area contributed by atoms with Gasteiger partial charge >= 0.3 is 5.97 Å². The van der Waals surface area contributed by atoms with Crippen LogP contribution in [0.3, 0.4) is 0 Å². The molecule has 1 aliphatic carbocycles. The Morgan fingerprint density at radius 2 is 1.78 bits per heavy atom. The topological polar surface area (TPSA) is 54.3 Å². The van der Waals surface area contributed by atoms with Crippen molar-refractivity contribution in [1.29, 1.82) is 0 Å². The van der Waals surface area contributed by atoms with E-state index in [4.69, 9.17) is 4.74 Å². The van der Waals surface area contributed by atoms with Crippen molar-refractivity contribution in [2.45, 2.75) is 44.9 Å². The minimum Gasteiger partial charge on any atom is -0.465 e. The second-order valence-corrected chi connectivity index (χ2v) is 8.62.